The summed E-state index contributed by atoms with van der Waals surface area (Å²) in [5.41, 5.74) is 1.02. The molecular weight excluding hydrogens is 464 g/mol. The summed E-state index contributed by atoms with van der Waals surface area (Å²) >= 11 is 0. The third kappa shape index (κ3) is 4.56. The van der Waals surface area contributed by atoms with Gasteiger partial charge in [0.25, 0.3) is 5.91 Å². The van der Waals surface area contributed by atoms with Gasteiger partial charge >= 0.3 is 0 Å². The van der Waals surface area contributed by atoms with E-state index in [0.717, 1.165) is 25.7 Å². The number of hydrogen-bond donors (Lipinski definition) is 1. The lowest BCUT2D eigenvalue weighted by atomic mass is 10.0. The van der Waals surface area contributed by atoms with Crippen LogP contribution >= 0.6 is 0 Å². The SMILES string of the molecule is COc1ccc([C@@H](C(=O)NC2CCCC2)N(C(=O)c2ccco2)c2ccc3c(c2)OCO3)cc1OC. The second kappa shape index (κ2) is 10.2. The number of rotatable bonds is 8. The molecule has 2 amide bonds. The maximum atomic E-state index is 13.9. The van der Waals surface area contributed by atoms with Crippen molar-refractivity contribution in [3.8, 4) is 23.0 Å². The van der Waals surface area contributed by atoms with Gasteiger partial charge in [-0.1, -0.05) is 18.9 Å². The molecule has 1 fully saturated rings. The minimum atomic E-state index is -1.02. The largest absolute Gasteiger partial charge is 0.493 e. The molecule has 0 spiro atoms. The van der Waals surface area contributed by atoms with Crippen molar-refractivity contribution in [1.29, 1.82) is 0 Å². The van der Waals surface area contributed by atoms with Gasteiger partial charge in [-0.15, -0.1) is 0 Å². The molecule has 2 heterocycles. The fourth-order valence-electron chi connectivity index (χ4n) is 4.73. The number of amides is 2. The van der Waals surface area contributed by atoms with Crippen LogP contribution in [0.25, 0.3) is 0 Å². The number of nitrogens with one attached hydrogen (secondary N) is 1. The number of fused-ring (bicyclic) bond motifs is 1. The van der Waals surface area contributed by atoms with Crippen molar-refractivity contribution >= 4 is 17.5 Å². The number of furan rings is 1. The van der Waals surface area contributed by atoms with Crippen LogP contribution in [0, 0.1) is 0 Å². The van der Waals surface area contributed by atoms with Gasteiger partial charge in [0.1, 0.15) is 6.04 Å². The Hall–Kier alpha value is -4.14. The van der Waals surface area contributed by atoms with E-state index < -0.39 is 11.9 Å². The zero-order valence-electron chi connectivity index (χ0n) is 20.2. The minimum Gasteiger partial charge on any atom is -0.493 e. The average molecular weight is 493 g/mol. The highest BCUT2D eigenvalue weighted by Crippen LogP contribution is 2.40. The fraction of sp³-hybridized carbons (Fsp3) is 0.333. The first-order chi connectivity index (χ1) is 17.6. The molecule has 2 aliphatic rings. The van der Waals surface area contributed by atoms with Crippen molar-refractivity contribution in [3.63, 3.8) is 0 Å². The Kier molecular flexibility index (Phi) is 6.71. The molecule has 1 N–H and O–H groups in total. The van der Waals surface area contributed by atoms with E-state index >= 15 is 0 Å². The second-order valence-electron chi connectivity index (χ2n) is 8.70. The summed E-state index contributed by atoms with van der Waals surface area (Å²) in [5, 5.41) is 3.15. The molecule has 3 aromatic rings. The van der Waals surface area contributed by atoms with Gasteiger partial charge < -0.3 is 28.7 Å². The number of ether oxygens (including phenoxy) is 4. The molecule has 0 radical (unpaired) electrons. The van der Waals surface area contributed by atoms with E-state index in [1.807, 2.05) is 0 Å². The second-order valence-corrected chi connectivity index (χ2v) is 8.70. The topological polar surface area (TPSA) is 99.5 Å². The van der Waals surface area contributed by atoms with E-state index in [-0.39, 0.29) is 24.5 Å². The van der Waals surface area contributed by atoms with Crippen LogP contribution in [0.4, 0.5) is 5.69 Å². The Morgan fingerprint density at radius 1 is 0.972 bits per heavy atom. The van der Waals surface area contributed by atoms with Gasteiger partial charge in [0.05, 0.1) is 20.5 Å². The standard InChI is InChI=1S/C27H28N2O7/c1-32-20-11-9-17(14-23(20)33-2)25(26(30)28-18-6-3-4-7-18)29(27(31)22-8-5-13-34-22)19-10-12-21-24(15-19)36-16-35-21/h5,8-15,18,25H,3-4,6-7,16H2,1-2H3,(H,28,30)/t25-/m0/s1. The number of anilines is 1. The van der Waals surface area contributed by atoms with Gasteiger partial charge in [0, 0.05) is 17.8 Å². The van der Waals surface area contributed by atoms with Crippen LogP contribution in [0.1, 0.15) is 47.8 Å². The third-order valence-corrected chi connectivity index (χ3v) is 6.52. The number of nitrogens with zero attached hydrogens (tertiary/aromatic N) is 1. The van der Waals surface area contributed by atoms with Crippen LogP contribution in [0.3, 0.4) is 0 Å². The molecule has 1 atom stereocenters. The Morgan fingerprint density at radius 3 is 2.47 bits per heavy atom. The number of benzene rings is 2. The van der Waals surface area contributed by atoms with Crippen LogP contribution < -0.4 is 29.2 Å². The van der Waals surface area contributed by atoms with E-state index in [0.29, 0.717) is 34.2 Å². The Bertz CT molecular complexity index is 1230. The number of hydrogen-bond acceptors (Lipinski definition) is 7. The van der Waals surface area contributed by atoms with Crippen molar-refractivity contribution in [2.24, 2.45) is 0 Å². The van der Waals surface area contributed by atoms with Crippen molar-refractivity contribution < 1.29 is 33.0 Å². The van der Waals surface area contributed by atoms with E-state index in [1.54, 1.807) is 55.6 Å². The van der Waals surface area contributed by atoms with Crippen molar-refractivity contribution in [2.45, 2.75) is 37.8 Å². The Morgan fingerprint density at radius 2 is 1.75 bits per heavy atom. The van der Waals surface area contributed by atoms with Crippen molar-refractivity contribution in [1.82, 2.24) is 5.32 Å². The van der Waals surface area contributed by atoms with Gasteiger partial charge in [-0.3, -0.25) is 14.5 Å². The summed E-state index contributed by atoms with van der Waals surface area (Å²) in [6.07, 6.45) is 5.35. The van der Waals surface area contributed by atoms with Gasteiger partial charge in [0.15, 0.2) is 28.8 Å². The van der Waals surface area contributed by atoms with E-state index in [4.69, 9.17) is 23.4 Å². The quantitative estimate of drug-likeness (QED) is 0.495. The lowest BCUT2D eigenvalue weighted by molar-refractivity contribution is -0.123. The Balaban J connectivity index is 1.63. The maximum absolute atomic E-state index is 13.9. The number of methoxy groups -OCH3 is 2. The highest BCUT2D eigenvalue weighted by Gasteiger charge is 2.37. The Labute approximate surface area is 208 Å². The molecule has 36 heavy (non-hydrogen) atoms. The van der Waals surface area contributed by atoms with Crippen molar-refractivity contribution in [2.75, 3.05) is 25.9 Å². The molecule has 1 aliphatic heterocycles. The summed E-state index contributed by atoms with van der Waals surface area (Å²) in [5.74, 6) is 1.36. The molecule has 0 unspecified atom stereocenters. The molecular formula is C27H28N2O7. The summed E-state index contributed by atoms with van der Waals surface area (Å²) in [4.78, 5) is 29.2. The number of carbonyl (C=O) groups is 2. The maximum Gasteiger partial charge on any atom is 0.294 e. The van der Waals surface area contributed by atoms with Crippen LogP contribution in [0.2, 0.25) is 0 Å². The molecule has 0 saturated heterocycles. The highest BCUT2D eigenvalue weighted by molar-refractivity contribution is 6.09. The predicted octanol–water partition coefficient (Wildman–Crippen LogP) is 4.47. The summed E-state index contributed by atoms with van der Waals surface area (Å²) < 4.78 is 27.3. The summed E-state index contributed by atoms with van der Waals surface area (Å²) in [6.45, 7) is 0.0895. The smallest absolute Gasteiger partial charge is 0.294 e. The lowest BCUT2D eigenvalue weighted by Crippen LogP contribution is -2.46. The normalized spacial score (nSPS) is 15.4. The molecule has 1 aliphatic carbocycles. The molecule has 5 rings (SSSR count). The highest BCUT2D eigenvalue weighted by atomic mass is 16.7. The first-order valence-electron chi connectivity index (χ1n) is 11.9. The van der Waals surface area contributed by atoms with E-state index in [2.05, 4.69) is 5.32 Å². The third-order valence-electron chi connectivity index (χ3n) is 6.52. The predicted molar refractivity (Wildman–Crippen MR) is 131 cm³/mol. The summed E-state index contributed by atoms with van der Waals surface area (Å²) in [6, 6.07) is 12.6. The van der Waals surface area contributed by atoms with Gasteiger partial charge in [-0.05, 0) is 54.8 Å². The molecule has 1 saturated carbocycles. The van der Waals surface area contributed by atoms with Gasteiger partial charge in [0.2, 0.25) is 12.7 Å². The molecule has 188 valence electrons. The van der Waals surface area contributed by atoms with Crippen LogP contribution in [-0.4, -0.2) is 38.9 Å². The molecule has 9 heteroatoms. The van der Waals surface area contributed by atoms with E-state index in [9.17, 15) is 9.59 Å². The average Bonchev–Trinajstić information content (AvgIpc) is 3.69. The van der Waals surface area contributed by atoms with Gasteiger partial charge in [-0.25, -0.2) is 0 Å². The van der Waals surface area contributed by atoms with E-state index in [1.165, 1.54) is 18.3 Å². The fourth-order valence-corrected chi connectivity index (χ4v) is 4.73. The zero-order chi connectivity index (χ0) is 25.1. The van der Waals surface area contributed by atoms with Gasteiger partial charge in [-0.2, -0.15) is 0 Å². The molecule has 9 nitrogen and oxygen atoms in total. The zero-order valence-corrected chi connectivity index (χ0v) is 20.2. The van der Waals surface area contributed by atoms with Crippen LogP contribution in [-0.2, 0) is 4.79 Å². The van der Waals surface area contributed by atoms with Crippen LogP contribution in [0.5, 0.6) is 23.0 Å². The minimum absolute atomic E-state index is 0.0532. The summed E-state index contributed by atoms with van der Waals surface area (Å²) in [7, 11) is 3.07. The van der Waals surface area contributed by atoms with Crippen molar-refractivity contribution in [3.05, 3.63) is 66.1 Å². The number of carbonyl (C=O) groups excluding carboxylic acids is 2. The molecule has 2 aromatic carbocycles. The lowest BCUT2D eigenvalue weighted by Gasteiger charge is -2.32. The molecule has 1 aromatic heterocycles. The first-order valence-corrected chi connectivity index (χ1v) is 11.9. The monoisotopic (exact) mass is 492 g/mol. The molecule has 0 bridgehead atoms. The first kappa shape index (κ1) is 23.6. The van der Waals surface area contributed by atoms with Crippen LogP contribution in [0.15, 0.2) is 59.2 Å².